The molecule has 7 heteroatoms. The Labute approximate surface area is 110 Å². The van der Waals surface area contributed by atoms with E-state index in [1.807, 2.05) is 0 Å². The van der Waals surface area contributed by atoms with Crippen molar-refractivity contribution in [1.82, 2.24) is 0 Å². The van der Waals surface area contributed by atoms with Gasteiger partial charge in [0.2, 0.25) is 5.82 Å². The van der Waals surface area contributed by atoms with Gasteiger partial charge in [-0.2, -0.15) is 4.39 Å². The van der Waals surface area contributed by atoms with Crippen LogP contribution in [0.1, 0.15) is 12.8 Å². The summed E-state index contributed by atoms with van der Waals surface area (Å²) in [5, 5.41) is 13.7. The van der Waals surface area contributed by atoms with Crippen LogP contribution >= 0.6 is 0 Å². The number of hydrogen-bond acceptors (Lipinski definition) is 5. The van der Waals surface area contributed by atoms with Crippen LogP contribution in [0, 0.1) is 15.9 Å². The number of nitro benzene ring substituents is 1. The van der Waals surface area contributed by atoms with Crippen LogP contribution in [0.4, 0.5) is 15.8 Å². The lowest BCUT2D eigenvalue weighted by Gasteiger charge is -2.18. The molecule has 3 N–H and O–H groups in total. The Balaban J connectivity index is 2.78. The molecule has 1 atom stereocenters. The Morgan fingerprint density at radius 2 is 2.32 bits per heavy atom. The largest absolute Gasteiger partial charge is 0.383 e. The van der Waals surface area contributed by atoms with E-state index in [9.17, 15) is 14.5 Å². The zero-order valence-corrected chi connectivity index (χ0v) is 10.8. The smallest absolute Gasteiger partial charge is 0.306 e. The third kappa shape index (κ3) is 4.80. The highest BCUT2D eigenvalue weighted by Crippen LogP contribution is 2.22. The zero-order valence-electron chi connectivity index (χ0n) is 10.8. The van der Waals surface area contributed by atoms with E-state index < -0.39 is 16.4 Å². The lowest BCUT2D eigenvalue weighted by Crippen LogP contribution is -2.25. The van der Waals surface area contributed by atoms with Gasteiger partial charge in [-0.25, -0.2) is 0 Å². The Morgan fingerprint density at radius 3 is 2.89 bits per heavy atom. The number of ether oxygens (including phenoxy) is 1. The van der Waals surface area contributed by atoms with E-state index in [2.05, 4.69) is 5.32 Å². The minimum atomic E-state index is -0.846. The summed E-state index contributed by atoms with van der Waals surface area (Å²) in [5.74, 6) is -0.846. The summed E-state index contributed by atoms with van der Waals surface area (Å²) < 4.78 is 18.3. The summed E-state index contributed by atoms with van der Waals surface area (Å²) in [6.07, 6.45) is 1.58. The second kappa shape index (κ2) is 7.65. The molecule has 0 saturated heterocycles. The van der Waals surface area contributed by atoms with Gasteiger partial charge in [0.05, 0.1) is 11.5 Å². The van der Waals surface area contributed by atoms with Gasteiger partial charge < -0.3 is 15.8 Å². The fraction of sp³-hybridized carbons (Fsp3) is 0.500. The predicted molar refractivity (Wildman–Crippen MR) is 70.6 cm³/mol. The van der Waals surface area contributed by atoms with Crippen molar-refractivity contribution in [1.29, 1.82) is 0 Å². The molecule has 19 heavy (non-hydrogen) atoms. The van der Waals surface area contributed by atoms with Crippen molar-refractivity contribution < 1.29 is 14.1 Å². The number of nitrogens with two attached hydrogens (primary N) is 1. The number of nitrogens with zero attached hydrogens (tertiary/aromatic N) is 1. The van der Waals surface area contributed by atoms with Crippen LogP contribution < -0.4 is 11.1 Å². The number of rotatable bonds is 8. The van der Waals surface area contributed by atoms with Crippen molar-refractivity contribution in [3.05, 3.63) is 34.1 Å². The summed E-state index contributed by atoms with van der Waals surface area (Å²) in [5.41, 5.74) is 5.39. The minimum Gasteiger partial charge on any atom is -0.383 e. The molecule has 0 fully saturated rings. The zero-order chi connectivity index (χ0) is 14.3. The number of nitro groups is 1. The van der Waals surface area contributed by atoms with Gasteiger partial charge in [-0.1, -0.05) is 0 Å². The third-order valence-corrected chi connectivity index (χ3v) is 2.64. The monoisotopic (exact) mass is 271 g/mol. The molecule has 0 aliphatic carbocycles. The third-order valence-electron chi connectivity index (χ3n) is 2.64. The van der Waals surface area contributed by atoms with E-state index in [0.29, 0.717) is 18.8 Å². The van der Waals surface area contributed by atoms with Crippen molar-refractivity contribution >= 4 is 11.4 Å². The van der Waals surface area contributed by atoms with E-state index in [-0.39, 0.29) is 6.04 Å². The van der Waals surface area contributed by atoms with Gasteiger partial charge in [0, 0.05) is 24.9 Å². The van der Waals surface area contributed by atoms with Gasteiger partial charge in [-0.15, -0.1) is 0 Å². The summed E-state index contributed by atoms with van der Waals surface area (Å²) in [6.45, 7) is 1.01. The highest BCUT2D eigenvalue weighted by atomic mass is 19.1. The summed E-state index contributed by atoms with van der Waals surface area (Å²) in [4.78, 5) is 9.91. The molecule has 0 aliphatic rings. The van der Waals surface area contributed by atoms with Crippen molar-refractivity contribution in [3.63, 3.8) is 0 Å². The lowest BCUT2D eigenvalue weighted by molar-refractivity contribution is -0.387. The van der Waals surface area contributed by atoms with Crippen molar-refractivity contribution in [3.8, 4) is 0 Å². The molecule has 1 aromatic carbocycles. The second-order valence-corrected chi connectivity index (χ2v) is 4.15. The lowest BCUT2D eigenvalue weighted by atomic mass is 10.1. The maximum atomic E-state index is 13.2. The molecule has 0 radical (unpaired) electrons. The van der Waals surface area contributed by atoms with Crippen LogP contribution in [-0.2, 0) is 4.74 Å². The Hall–Kier alpha value is -1.73. The number of benzene rings is 1. The van der Waals surface area contributed by atoms with Crippen LogP contribution in [0.15, 0.2) is 18.2 Å². The second-order valence-electron chi connectivity index (χ2n) is 4.15. The molecular formula is C12H18FN3O3. The standard InChI is InChI=1S/C12H18FN3O3/c1-19-8-10(3-2-6-14)15-9-4-5-11(13)12(7-9)16(17)18/h4-5,7,10,15H,2-3,6,8,14H2,1H3. The van der Waals surface area contributed by atoms with Gasteiger partial charge >= 0.3 is 5.69 Å². The molecule has 1 rings (SSSR count). The van der Waals surface area contributed by atoms with E-state index in [0.717, 1.165) is 18.9 Å². The average Bonchev–Trinajstić information content (AvgIpc) is 2.38. The van der Waals surface area contributed by atoms with Crippen molar-refractivity contribution in [2.75, 3.05) is 25.6 Å². The molecular weight excluding hydrogens is 253 g/mol. The minimum absolute atomic E-state index is 0.0152. The highest BCUT2D eigenvalue weighted by Gasteiger charge is 2.16. The first-order valence-corrected chi connectivity index (χ1v) is 5.98. The molecule has 0 saturated carbocycles. The number of anilines is 1. The maximum absolute atomic E-state index is 13.2. The average molecular weight is 271 g/mol. The van der Waals surface area contributed by atoms with Crippen LogP contribution in [-0.4, -0.2) is 31.2 Å². The number of hydrogen-bond donors (Lipinski definition) is 2. The first kappa shape index (κ1) is 15.3. The van der Waals surface area contributed by atoms with Gasteiger partial charge in [0.15, 0.2) is 0 Å². The molecule has 106 valence electrons. The molecule has 0 aliphatic heterocycles. The number of methoxy groups -OCH3 is 1. The molecule has 1 aromatic rings. The SMILES string of the molecule is COCC(CCCN)Nc1ccc(F)c([N+](=O)[O-])c1. The maximum Gasteiger partial charge on any atom is 0.306 e. The quantitative estimate of drug-likeness (QED) is 0.556. The molecule has 0 aromatic heterocycles. The van der Waals surface area contributed by atoms with Crippen LogP contribution in [0.5, 0.6) is 0 Å². The van der Waals surface area contributed by atoms with Gasteiger partial charge in [-0.05, 0) is 31.5 Å². The van der Waals surface area contributed by atoms with Crippen molar-refractivity contribution in [2.45, 2.75) is 18.9 Å². The van der Waals surface area contributed by atoms with Gasteiger partial charge in [0.1, 0.15) is 0 Å². The van der Waals surface area contributed by atoms with E-state index in [1.54, 1.807) is 7.11 Å². The molecule has 0 bridgehead atoms. The van der Waals surface area contributed by atoms with Gasteiger partial charge in [0.25, 0.3) is 0 Å². The Morgan fingerprint density at radius 1 is 1.58 bits per heavy atom. The van der Waals surface area contributed by atoms with Gasteiger partial charge in [-0.3, -0.25) is 10.1 Å². The number of halogens is 1. The van der Waals surface area contributed by atoms with E-state index >= 15 is 0 Å². The van der Waals surface area contributed by atoms with E-state index in [4.69, 9.17) is 10.5 Å². The molecule has 0 amide bonds. The summed E-state index contributed by atoms with van der Waals surface area (Å²) in [6, 6.07) is 3.71. The number of nitrogens with one attached hydrogen (secondary N) is 1. The van der Waals surface area contributed by atoms with Crippen LogP contribution in [0.3, 0.4) is 0 Å². The predicted octanol–water partition coefficient (Wildman–Crippen LogP) is 1.90. The normalized spacial score (nSPS) is 12.2. The topological polar surface area (TPSA) is 90.4 Å². The molecule has 6 nitrogen and oxygen atoms in total. The highest BCUT2D eigenvalue weighted by molar-refractivity contribution is 5.52. The van der Waals surface area contributed by atoms with Crippen molar-refractivity contribution in [2.24, 2.45) is 5.73 Å². The summed E-state index contributed by atoms with van der Waals surface area (Å²) in [7, 11) is 1.57. The Bertz CT molecular complexity index is 429. The van der Waals surface area contributed by atoms with Crippen LogP contribution in [0.25, 0.3) is 0 Å². The fourth-order valence-electron chi connectivity index (χ4n) is 1.74. The molecule has 0 heterocycles. The summed E-state index contributed by atoms with van der Waals surface area (Å²) >= 11 is 0. The molecule has 0 spiro atoms. The Kier molecular flexibility index (Phi) is 6.17. The fourth-order valence-corrected chi connectivity index (χ4v) is 1.74. The van der Waals surface area contributed by atoms with E-state index in [1.165, 1.54) is 12.1 Å². The first-order chi connectivity index (χ1) is 9.08. The first-order valence-electron chi connectivity index (χ1n) is 5.98. The van der Waals surface area contributed by atoms with Crippen LogP contribution in [0.2, 0.25) is 0 Å². The molecule has 1 unspecified atom stereocenters.